The fraction of sp³-hybridized carbons (Fsp3) is 0.136. The normalized spacial score (nSPS) is 12.6. The second kappa shape index (κ2) is 8.87. The Hall–Kier alpha value is -2.98. The first-order valence-corrected chi connectivity index (χ1v) is 10.2. The number of rotatable bonds is 5. The molecule has 0 atom stereocenters. The molecule has 0 aliphatic rings. The highest BCUT2D eigenvalue weighted by Crippen LogP contribution is 2.44. The molecule has 0 saturated heterocycles. The molecule has 3 nitrogen and oxygen atoms in total. The van der Waals surface area contributed by atoms with Crippen LogP contribution in [0.4, 0.5) is 26.3 Å². The molecule has 3 aromatic carbocycles. The molecule has 0 amide bonds. The van der Waals surface area contributed by atoms with Crippen molar-refractivity contribution in [2.24, 2.45) is 0 Å². The third-order valence-electron chi connectivity index (χ3n) is 4.34. The molecule has 0 fully saturated rings. The number of benzene rings is 3. The number of halogens is 6. The first kappa shape index (κ1) is 23.7. The van der Waals surface area contributed by atoms with Crippen molar-refractivity contribution < 1.29 is 41.0 Å². The van der Waals surface area contributed by atoms with Gasteiger partial charge < -0.3 is 9.84 Å². The quantitative estimate of drug-likeness (QED) is 0.229. The fourth-order valence-corrected chi connectivity index (χ4v) is 4.82. The predicted octanol–water partition coefficient (Wildman–Crippen LogP) is 5.54. The molecule has 0 aliphatic heterocycles. The zero-order valence-corrected chi connectivity index (χ0v) is 16.8. The van der Waals surface area contributed by atoms with Crippen LogP contribution in [0, 0.1) is 0 Å². The van der Waals surface area contributed by atoms with Crippen LogP contribution < -0.4 is 4.74 Å². The summed E-state index contributed by atoms with van der Waals surface area (Å²) < 4.78 is 81.2. The number of alkyl halides is 6. The topological polar surface area (TPSA) is 46.5 Å². The van der Waals surface area contributed by atoms with E-state index in [1.165, 1.54) is 12.1 Å². The van der Waals surface area contributed by atoms with Gasteiger partial charge in [0.15, 0.2) is 14.7 Å². The molecule has 1 N–H and O–H groups in total. The van der Waals surface area contributed by atoms with E-state index in [2.05, 4.69) is 4.74 Å². The molecule has 32 heavy (non-hydrogen) atoms. The predicted molar refractivity (Wildman–Crippen MR) is 104 cm³/mol. The van der Waals surface area contributed by atoms with Crippen molar-refractivity contribution in [3.05, 3.63) is 84.9 Å². The van der Waals surface area contributed by atoms with Crippen LogP contribution in [0.15, 0.2) is 99.6 Å². The van der Waals surface area contributed by atoms with Crippen LogP contribution in [-0.4, -0.2) is 29.0 Å². The molecule has 0 radical (unpaired) electrons. The van der Waals surface area contributed by atoms with E-state index in [9.17, 15) is 31.1 Å². The van der Waals surface area contributed by atoms with Gasteiger partial charge in [0.1, 0.15) is 5.75 Å². The summed E-state index contributed by atoms with van der Waals surface area (Å²) in [6.45, 7) is 0. The molecule has 3 aromatic rings. The Morgan fingerprint density at radius 1 is 0.656 bits per heavy atom. The Kier molecular flexibility index (Phi) is 6.56. The number of hydrogen-bond acceptors (Lipinski definition) is 3. The SMILES string of the molecule is O=C(Oc1ccc([S+](c2ccccc2)c2ccccc2)cc1)C(O)(C(F)(F)F)C(F)(F)F. The minimum atomic E-state index is -6.31. The van der Waals surface area contributed by atoms with Crippen LogP contribution in [0.25, 0.3) is 0 Å². The molecular weight excluding hydrogens is 458 g/mol. The van der Waals surface area contributed by atoms with Gasteiger partial charge in [-0.15, -0.1) is 0 Å². The van der Waals surface area contributed by atoms with Gasteiger partial charge in [0, 0.05) is 0 Å². The van der Waals surface area contributed by atoms with Crippen LogP contribution in [-0.2, 0) is 15.7 Å². The van der Waals surface area contributed by atoms with Crippen molar-refractivity contribution in [3.8, 4) is 5.75 Å². The molecule has 0 spiro atoms. The monoisotopic (exact) mass is 473 g/mol. The first-order chi connectivity index (χ1) is 14.9. The maximum atomic E-state index is 12.8. The molecule has 10 heteroatoms. The third kappa shape index (κ3) is 4.61. The van der Waals surface area contributed by atoms with Gasteiger partial charge in [0.05, 0.1) is 10.9 Å². The Morgan fingerprint density at radius 2 is 1.03 bits per heavy atom. The Morgan fingerprint density at radius 3 is 1.41 bits per heavy atom. The summed E-state index contributed by atoms with van der Waals surface area (Å²) in [6.07, 6.45) is -12.6. The van der Waals surface area contributed by atoms with Crippen LogP contribution in [0.5, 0.6) is 5.75 Å². The van der Waals surface area contributed by atoms with Gasteiger partial charge in [-0.3, -0.25) is 0 Å². The smallest absolute Gasteiger partial charge is 0.424 e. The lowest BCUT2D eigenvalue weighted by Crippen LogP contribution is -2.63. The van der Waals surface area contributed by atoms with Gasteiger partial charge >= 0.3 is 23.9 Å². The average Bonchev–Trinajstić information content (AvgIpc) is 2.74. The molecule has 0 saturated carbocycles. The maximum absolute atomic E-state index is 12.8. The molecule has 0 heterocycles. The van der Waals surface area contributed by atoms with Gasteiger partial charge in [-0.25, -0.2) is 4.79 Å². The maximum Gasteiger partial charge on any atom is 0.437 e. The summed E-state index contributed by atoms with van der Waals surface area (Å²) in [7, 11) is -0.631. The Bertz CT molecular complexity index is 998. The zero-order chi connectivity index (χ0) is 23.6. The lowest BCUT2D eigenvalue weighted by atomic mass is 10.0. The van der Waals surface area contributed by atoms with Crippen LogP contribution in [0.2, 0.25) is 0 Å². The molecule has 0 unspecified atom stereocenters. The number of aliphatic hydroxyl groups is 1. The number of esters is 1. The van der Waals surface area contributed by atoms with Crippen LogP contribution in [0.1, 0.15) is 0 Å². The zero-order valence-electron chi connectivity index (χ0n) is 16.0. The largest absolute Gasteiger partial charge is 0.437 e. The average molecular weight is 473 g/mol. The summed E-state index contributed by atoms with van der Waals surface area (Å²) in [5.74, 6) is -3.45. The molecule has 0 bridgehead atoms. The van der Waals surface area contributed by atoms with E-state index < -0.39 is 40.6 Å². The third-order valence-corrected chi connectivity index (χ3v) is 6.57. The van der Waals surface area contributed by atoms with Crippen molar-refractivity contribution in [2.75, 3.05) is 0 Å². The second-order valence-electron chi connectivity index (χ2n) is 6.50. The number of carbonyl (C=O) groups is 1. The highest BCUT2D eigenvalue weighted by Gasteiger charge is 2.76. The van der Waals surface area contributed by atoms with E-state index in [4.69, 9.17) is 5.11 Å². The van der Waals surface area contributed by atoms with Gasteiger partial charge in [0.2, 0.25) is 0 Å². The lowest BCUT2D eigenvalue weighted by Gasteiger charge is -2.29. The van der Waals surface area contributed by atoms with E-state index in [0.717, 1.165) is 21.9 Å². The standard InChI is InChI=1S/C22H15F6O3S/c23-21(24,25)20(30,22(26,27)28)19(29)31-15-11-13-18(14-12-15)32(16-7-3-1-4-8-16)17-9-5-2-6-10-17/h1-14,30H/q+1. The Balaban J connectivity index is 1.92. The minimum Gasteiger partial charge on any atom is -0.424 e. The lowest BCUT2D eigenvalue weighted by molar-refractivity contribution is -0.354. The molecule has 168 valence electrons. The van der Waals surface area contributed by atoms with E-state index in [1.807, 2.05) is 60.7 Å². The number of ether oxygens (including phenoxy) is 1. The van der Waals surface area contributed by atoms with Crippen molar-refractivity contribution >= 4 is 16.9 Å². The number of carbonyl (C=O) groups excluding carboxylic acids is 1. The molecule has 0 aromatic heterocycles. The van der Waals surface area contributed by atoms with Crippen molar-refractivity contribution in [3.63, 3.8) is 0 Å². The van der Waals surface area contributed by atoms with E-state index >= 15 is 0 Å². The van der Waals surface area contributed by atoms with Gasteiger partial charge in [0.25, 0.3) is 0 Å². The van der Waals surface area contributed by atoms with Crippen LogP contribution in [0.3, 0.4) is 0 Å². The summed E-state index contributed by atoms with van der Waals surface area (Å²) in [4.78, 5) is 14.2. The first-order valence-electron chi connectivity index (χ1n) is 8.97. The highest BCUT2D eigenvalue weighted by molar-refractivity contribution is 7.97. The highest BCUT2D eigenvalue weighted by atomic mass is 32.2. The summed E-state index contributed by atoms with van der Waals surface area (Å²) >= 11 is 0. The van der Waals surface area contributed by atoms with Crippen LogP contribution >= 0.6 is 0 Å². The molecule has 0 aliphatic carbocycles. The second-order valence-corrected chi connectivity index (χ2v) is 8.53. The van der Waals surface area contributed by atoms with E-state index in [-0.39, 0.29) is 0 Å². The van der Waals surface area contributed by atoms with Gasteiger partial charge in [-0.1, -0.05) is 36.4 Å². The summed E-state index contributed by atoms with van der Waals surface area (Å²) in [6, 6.07) is 23.6. The molecular formula is C22H15F6O3S+. The fourth-order valence-electron chi connectivity index (χ4n) is 2.74. The van der Waals surface area contributed by atoms with Crippen molar-refractivity contribution in [1.82, 2.24) is 0 Å². The van der Waals surface area contributed by atoms with Crippen molar-refractivity contribution in [1.29, 1.82) is 0 Å². The number of hydrogen-bond donors (Lipinski definition) is 1. The minimum absolute atomic E-state index is 0.574. The molecule has 3 rings (SSSR count). The van der Waals surface area contributed by atoms with Crippen molar-refractivity contribution in [2.45, 2.75) is 32.6 Å². The Labute approximate surface area is 181 Å². The van der Waals surface area contributed by atoms with Gasteiger partial charge in [-0.2, -0.15) is 26.3 Å². The van der Waals surface area contributed by atoms with E-state index in [1.54, 1.807) is 0 Å². The van der Waals surface area contributed by atoms with Gasteiger partial charge in [-0.05, 0) is 48.5 Å². The summed E-state index contributed by atoms with van der Waals surface area (Å²) in [5, 5.41) is 9.13. The summed E-state index contributed by atoms with van der Waals surface area (Å²) in [5.41, 5.74) is -5.64. The van der Waals surface area contributed by atoms with E-state index in [0.29, 0.717) is 4.90 Å².